The van der Waals surface area contributed by atoms with Crippen molar-refractivity contribution >= 4 is 11.9 Å². The van der Waals surface area contributed by atoms with Crippen molar-refractivity contribution in [3.8, 4) is 0 Å². The summed E-state index contributed by atoms with van der Waals surface area (Å²) in [5, 5.41) is 8.90. The van der Waals surface area contributed by atoms with Crippen molar-refractivity contribution in [3.63, 3.8) is 0 Å². The fourth-order valence-corrected chi connectivity index (χ4v) is 1.45. The lowest BCUT2D eigenvalue weighted by molar-refractivity contribution is 0.282. The molecule has 0 saturated carbocycles. The van der Waals surface area contributed by atoms with E-state index in [2.05, 4.69) is 4.99 Å². The van der Waals surface area contributed by atoms with E-state index in [0.717, 1.165) is 24.1 Å². The summed E-state index contributed by atoms with van der Waals surface area (Å²) in [5.74, 6) is 0. The van der Waals surface area contributed by atoms with E-state index in [1.54, 1.807) is 0 Å². The summed E-state index contributed by atoms with van der Waals surface area (Å²) in [6.07, 6.45) is 4.01. The van der Waals surface area contributed by atoms with Gasteiger partial charge in [-0.2, -0.15) is 0 Å². The van der Waals surface area contributed by atoms with Crippen LogP contribution in [-0.2, 0) is 13.0 Å². The van der Waals surface area contributed by atoms with Crippen LogP contribution in [0.5, 0.6) is 0 Å². The van der Waals surface area contributed by atoms with Crippen LogP contribution in [0.25, 0.3) is 0 Å². The fourth-order valence-electron chi connectivity index (χ4n) is 1.45. The van der Waals surface area contributed by atoms with E-state index in [1.165, 1.54) is 5.56 Å². The van der Waals surface area contributed by atoms with Gasteiger partial charge in [-0.15, -0.1) is 0 Å². The molecule has 0 saturated heterocycles. The number of aliphatic hydroxyl groups is 1. The van der Waals surface area contributed by atoms with E-state index in [4.69, 9.17) is 5.11 Å². The molecule has 1 aliphatic rings. The lowest BCUT2D eigenvalue weighted by Gasteiger charge is -2.09. The molecule has 0 radical (unpaired) electrons. The molecule has 12 heavy (non-hydrogen) atoms. The highest BCUT2D eigenvalue weighted by atomic mass is 16.3. The number of rotatable bonds is 1. The number of hydrogen-bond acceptors (Lipinski definition) is 2. The van der Waals surface area contributed by atoms with Gasteiger partial charge in [0.1, 0.15) is 0 Å². The molecule has 2 rings (SSSR count). The average molecular weight is 161 g/mol. The first kappa shape index (κ1) is 7.50. The number of benzene rings is 1. The van der Waals surface area contributed by atoms with Crippen LogP contribution in [0, 0.1) is 0 Å². The molecule has 0 aromatic heterocycles. The average Bonchev–Trinajstić information content (AvgIpc) is 2.17. The third-order valence-corrected chi connectivity index (χ3v) is 2.10. The number of aliphatic imine (C=N–C) groups is 1. The Kier molecular flexibility index (Phi) is 1.92. The summed E-state index contributed by atoms with van der Waals surface area (Å²) >= 11 is 0. The second kappa shape index (κ2) is 3.07. The molecule has 1 N–H and O–H groups in total. The summed E-state index contributed by atoms with van der Waals surface area (Å²) in [7, 11) is 0. The van der Waals surface area contributed by atoms with Crippen LogP contribution in [0.15, 0.2) is 23.2 Å². The number of aliphatic hydroxyl groups excluding tert-OH is 1. The summed E-state index contributed by atoms with van der Waals surface area (Å²) in [6, 6.07) is 5.92. The third-order valence-electron chi connectivity index (χ3n) is 2.10. The molecule has 1 heterocycles. The molecule has 0 bridgehead atoms. The highest BCUT2D eigenvalue weighted by Gasteiger charge is 2.05. The van der Waals surface area contributed by atoms with Crippen LogP contribution < -0.4 is 0 Å². The minimum Gasteiger partial charge on any atom is -0.392 e. The van der Waals surface area contributed by atoms with E-state index < -0.39 is 0 Å². The monoisotopic (exact) mass is 161 g/mol. The standard InChI is InChI=1S/C10H11NO/c12-7-8-3-4-10-9(6-8)2-1-5-11-10/h3-6,12H,1-2,7H2. The first-order chi connectivity index (χ1) is 5.90. The molecule has 0 fully saturated rings. The molecule has 1 aromatic carbocycles. The SMILES string of the molecule is OCc1ccc2c(c1)CCC=N2. The van der Waals surface area contributed by atoms with Crippen molar-refractivity contribution in [3.05, 3.63) is 29.3 Å². The van der Waals surface area contributed by atoms with Crippen molar-refractivity contribution in [1.29, 1.82) is 0 Å². The summed E-state index contributed by atoms with van der Waals surface area (Å²) < 4.78 is 0. The fraction of sp³-hybridized carbons (Fsp3) is 0.300. The van der Waals surface area contributed by atoms with Gasteiger partial charge >= 0.3 is 0 Å². The molecule has 62 valence electrons. The van der Waals surface area contributed by atoms with Crippen LogP contribution in [0.4, 0.5) is 5.69 Å². The Balaban J connectivity index is 2.44. The summed E-state index contributed by atoms with van der Waals surface area (Å²) in [5.41, 5.74) is 3.29. The summed E-state index contributed by atoms with van der Waals surface area (Å²) in [4.78, 5) is 4.26. The van der Waals surface area contributed by atoms with Crippen molar-refractivity contribution in [2.45, 2.75) is 19.4 Å². The van der Waals surface area contributed by atoms with Gasteiger partial charge in [-0.1, -0.05) is 12.1 Å². The van der Waals surface area contributed by atoms with Gasteiger partial charge in [0, 0.05) is 6.21 Å². The van der Waals surface area contributed by atoms with Crippen molar-refractivity contribution in [1.82, 2.24) is 0 Å². The molecular formula is C10H11NO. The van der Waals surface area contributed by atoms with Gasteiger partial charge in [0.15, 0.2) is 0 Å². The van der Waals surface area contributed by atoms with Crippen LogP contribution in [0.2, 0.25) is 0 Å². The topological polar surface area (TPSA) is 32.6 Å². The third kappa shape index (κ3) is 1.25. The van der Waals surface area contributed by atoms with Crippen LogP contribution in [0.3, 0.4) is 0 Å². The Labute approximate surface area is 71.6 Å². The minimum absolute atomic E-state index is 0.122. The van der Waals surface area contributed by atoms with Gasteiger partial charge < -0.3 is 5.11 Å². The Morgan fingerprint density at radius 1 is 1.42 bits per heavy atom. The van der Waals surface area contributed by atoms with Gasteiger partial charge in [0.25, 0.3) is 0 Å². The van der Waals surface area contributed by atoms with Crippen molar-refractivity contribution < 1.29 is 5.11 Å². The van der Waals surface area contributed by atoms with Gasteiger partial charge in [0.2, 0.25) is 0 Å². The highest BCUT2D eigenvalue weighted by molar-refractivity contribution is 5.68. The molecule has 1 aromatic rings. The number of nitrogens with zero attached hydrogens (tertiary/aromatic N) is 1. The first-order valence-electron chi connectivity index (χ1n) is 4.15. The van der Waals surface area contributed by atoms with E-state index in [1.807, 2.05) is 24.4 Å². The Morgan fingerprint density at radius 3 is 3.17 bits per heavy atom. The molecule has 0 unspecified atom stereocenters. The van der Waals surface area contributed by atoms with Gasteiger partial charge in [0.05, 0.1) is 12.3 Å². The molecule has 1 aliphatic heterocycles. The Bertz CT molecular complexity index is 318. The molecule has 2 nitrogen and oxygen atoms in total. The van der Waals surface area contributed by atoms with Crippen LogP contribution in [-0.4, -0.2) is 11.3 Å². The number of aryl methyl sites for hydroxylation is 1. The zero-order chi connectivity index (χ0) is 8.39. The second-order valence-electron chi connectivity index (χ2n) is 2.97. The Morgan fingerprint density at radius 2 is 2.33 bits per heavy atom. The molecule has 0 atom stereocenters. The zero-order valence-electron chi connectivity index (χ0n) is 6.83. The maximum atomic E-state index is 8.90. The highest BCUT2D eigenvalue weighted by Crippen LogP contribution is 2.24. The molecule has 2 heteroatoms. The zero-order valence-corrected chi connectivity index (χ0v) is 6.83. The van der Waals surface area contributed by atoms with Crippen LogP contribution in [0.1, 0.15) is 17.5 Å². The molecule has 0 spiro atoms. The van der Waals surface area contributed by atoms with Crippen molar-refractivity contribution in [2.75, 3.05) is 0 Å². The predicted molar refractivity (Wildman–Crippen MR) is 48.8 cm³/mol. The number of hydrogen-bond donors (Lipinski definition) is 1. The maximum Gasteiger partial charge on any atom is 0.0681 e. The maximum absolute atomic E-state index is 8.90. The van der Waals surface area contributed by atoms with Crippen molar-refractivity contribution in [2.24, 2.45) is 4.99 Å². The Hall–Kier alpha value is -1.15. The first-order valence-corrected chi connectivity index (χ1v) is 4.15. The van der Waals surface area contributed by atoms with Gasteiger partial charge in [-0.3, -0.25) is 4.99 Å². The predicted octanol–water partition coefficient (Wildman–Crippen LogP) is 1.83. The van der Waals surface area contributed by atoms with Gasteiger partial charge in [-0.05, 0) is 30.0 Å². The molecular weight excluding hydrogens is 150 g/mol. The second-order valence-corrected chi connectivity index (χ2v) is 2.97. The van der Waals surface area contributed by atoms with E-state index in [-0.39, 0.29) is 6.61 Å². The van der Waals surface area contributed by atoms with Crippen LogP contribution >= 0.6 is 0 Å². The van der Waals surface area contributed by atoms with E-state index >= 15 is 0 Å². The lowest BCUT2D eigenvalue weighted by atomic mass is 10.0. The molecule has 0 amide bonds. The van der Waals surface area contributed by atoms with E-state index in [9.17, 15) is 0 Å². The lowest BCUT2D eigenvalue weighted by Crippen LogP contribution is -1.95. The summed E-state index contributed by atoms with van der Waals surface area (Å²) in [6.45, 7) is 0.122. The number of fused-ring (bicyclic) bond motifs is 1. The largest absolute Gasteiger partial charge is 0.392 e. The molecule has 0 aliphatic carbocycles. The quantitative estimate of drug-likeness (QED) is 0.669. The smallest absolute Gasteiger partial charge is 0.0681 e. The minimum atomic E-state index is 0.122. The van der Waals surface area contributed by atoms with E-state index in [0.29, 0.717) is 0 Å². The van der Waals surface area contributed by atoms with Gasteiger partial charge in [-0.25, -0.2) is 0 Å². The normalized spacial score (nSPS) is 14.4.